The highest BCUT2D eigenvalue weighted by atomic mass is 35.5. The average molecular weight is 525 g/mol. The van der Waals surface area contributed by atoms with Gasteiger partial charge in [0.1, 0.15) is 11.5 Å². The van der Waals surface area contributed by atoms with Gasteiger partial charge in [-0.15, -0.1) is 0 Å². The number of anilines is 3. The van der Waals surface area contributed by atoms with Gasteiger partial charge in [0, 0.05) is 40.7 Å². The average Bonchev–Trinajstić information content (AvgIpc) is 3.22. The molecule has 4 aromatic rings. The standard InChI is InChI=1S/C32H29ClN2O3/c1-3-4-9-16-34-28-19-30-24(17-20(28)2)32(23-11-6-5-10-22(23)31(36)38-32)25-18-21(14-15-29(25)37-30)35-27-13-8-7-12-26(27)33/h5-8,10-15,17-19,34-35H,3-4,9,16H2,1-2H3. The second kappa shape index (κ2) is 9.73. The number of rotatable bonds is 7. The highest BCUT2D eigenvalue weighted by molar-refractivity contribution is 6.33. The number of fused-ring (bicyclic) bond motifs is 6. The van der Waals surface area contributed by atoms with Crippen molar-refractivity contribution in [3.05, 3.63) is 112 Å². The Balaban J connectivity index is 1.49. The fraction of sp³-hybridized carbons (Fsp3) is 0.219. The van der Waals surface area contributed by atoms with Gasteiger partial charge in [-0.05, 0) is 61.4 Å². The van der Waals surface area contributed by atoms with Crippen LogP contribution in [-0.4, -0.2) is 12.5 Å². The first kappa shape index (κ1) is 24.4. The molecule has 2 N–H and O–H groups in total. The monoisotopic (exact) mass is 524 g/mol. The largest absolute Gasteiger partial charge is 0.456 e. The van der Waals surface area contributed by atoms with E-state index in [0.29, 0.717) is 22.1 Å². The van der Waals surface area contributed by atoms with Crippen LogP contribution in [0.15, 0.2) is 78.9 Å². The predicted octanol–water partition coefficient (Wildman–Crippen LogP) is 8.56. The summed E-state index contributed by atoms with van der Waals surface area (Å²) >= 11 is 6.41. The quantitative estimate of drug-likeness (QED) is 0.187. The van der Waals surface area contributed by atoms with Crippen molar-refractivity contribution < 1.29 is 14.3 Å². The number of unbranched alkanes of at least 4 members (excludes halogenated alkanes) is 2. The Morgan fingerprint density at radius 2 is 1.63 bits per heavy atom. The van der Waals surface area contributed by atoms with E-state index in [1.807, 2.05) is 72.8 Å². The van der Waals surface area contributed by atoms with E-state index in [2.05, 4.69) is 30.5 Å². The van der Waals surface area contributed by atoms with Crippen LogP contribution in [0.4, 0.5) is 17.1 Å². The molecule has 0 saturated heterocycles. The number of esters is 1. The molecule has 38 heavy (non-hydrogen) atoms. The van der Waals surface area contributed by atoms with E-state index < -0.39 is 5.60 Å². The van der Waals surface area contributed by atoms with Crippen LogP contribution in [0.5, 0.6) is 11.5 Å². The smallest absolute Gasteiger partial charge is 0.340 e. The zero-order chi connectivity index (χ0) is 26.3. The van der Waals surface area contributed by atoms with Crippen molar-refractivity contribution in [2.45, 2.75) is 38.7 Å². The van der Waals surface area contributed by atoms with Gasteiger partial charge < -0.3 is 20.1 Å². The van der Waals surface area contributed by atoms with Gasteiger partial charge in [-0.3, -0.25) is 0 Å². The van der Waals surface area contributed by atoms with E-state index in [1.165, 1.54) is 12.8 Å². The van der Waals surface area contributed by atoms with E-state index >= 15 is 0 Å². The van der Waals surface area contributed by atoms with Crippen molar-refractivity contribution in [3.8, 4) is 11.5 Å². The minimum atomic E-state index is -1.12. The van der Waals surface area contributed by atoms with Gasteiger partial charge in [-0.25, -0.2) is 4.79 Å². The van der Waals surface area contributed by atoms with Crippen molar-refractivity contribution in [1.82, 2.24) is 0 Å². The van der Waals surface area contributed by atoms with Crippen LogP contribution in [-0.2, 0) is 10.3 Å². The molecule has 2 aliphatic heterocycles. The number of nitrogens with one attached hydrogen (secondary N) is 2. The molecular weight excluding hydrogens is 496 g/mol. The first-order valence-corrected chi connectivity index (χ1v) is 13.4. The molecule has 0 radical (unpaired) electrons. The van der Waals surface area contributed by atoms with Crippen LogP contribution in [0.1, 0.15) is 58.8 Å². The van der Waals surface area contributed by atoms with Gasteiger partial charge in [-0.1, -0.05) is 61.7 Å². The Bertz CT molecular complexity index is 1550. The minimum absolute atomic E-state index is 0.344. The third kappa shape index (κ3) is 3.98. The van der Waals surface area contributed by atoms with Crippen LogP contribution in [0.3, 0.4) is 0 Å². The third-order valence-corrected chi connectivity index (χ3v) is 7.63. The maximum atomic E-state index is 13.2. The second-order valence-corrected chi connectivity index (χ2v) is 10.2. The van der Waals surface area contributed by atoms with Crippen LogP contribution < -0.4 is 15.4 Å². The number of carbonyl (C=O) groups excluding carboxylic acids is 1. The number of carbonyl (C=O) groups is 1. The van der Waals surface area contributed by atoms with Crippen molar-refractivity contribution in [3.63, 3.8) is 0 Å². The van der Waals surface area contributed by atoms with E-state index in [1.54, 1.807) is 0 Å². The first-order chi connectivity index (χ1) is 18.5. The Labute approximate surface area is 227 Å². The summed E-state index contributed by atoms with van der Waals surface area (Å²) in [5, 5.41) is 7.58. The summed E-state index contributed by atoms with van der Waals surface area (Å²) in [6, 6.07) is 25.2. The predicted molar refractivity (Wildman–Crippen MR) is 152 cm³/mol. The molecule has 0 bridgehead atoms. The van der Waals surface area contributed by atoms with Crippen LogP contribution in [0.2, 0.25) is 5.02 Å². The zero-order valence-electron chi connectivity index (χ0n) is 21.4. The summed E-state index contributed by atoms with van der Waals surface area (Å²) in [4.78, 5) is 13.2. The Kier molecular flexibility index (Phi) is 6.24. The summed E-state index contributed by atoms with van der Waals surface area (Å²) in [6.45, 7) is 5.17. The summed E-state index contributed by atoms with van der Waals surface area (Å²) in [5.41, 5.74) is 5.53. The highest BCUT2D eigenvalue weighted by Crippen LogP contribution is 2.57. The summed E-state index contributed by atoms with van der Waals surface area (Å²) in [5.74, 6) is 0.980. The Hall–Kier alpha value is -3.96. The van der Waals surface area contributed by atoms with Gasteiger partial charge in [0.2, 0.25) is 0 Å². The van der Waals surface area contributed by atoms with Gasteiger partial charge in [0.25, 0.3) is 0 Å². The summed E-state index contributed by atoms with van der Waals surface area (Å²) in [7, 11) is 0. The molecule has 0 fully saturated rings. The van der Waals surface area contributed by atoms with Gasteiger partial charge >= 0.3 is 5.97 Å². The number of halogens is 1. The number of ether oxygens (including phenoxy) is 2. The number of hydrogen-bond donors (Lipinski definition) is 2. The lowest BCUT2D eigenvalue weighted by Crippen LogP contribution is -2.33. The fourth-order valence-corrected chi connectivity index (χ4v) is 5.59. The van der Waals surface area contributed by atoms with Crippen molar-refractivity contribution in [2.75, 3.05) is 17.2 Å². The highest BCUT2D eigenvalue weighted by Gasteiger charge is 2.53. The molecule has 0 aromatic heterocycles. The molecule has 6 rings (SSSR count). The lowest BCUT2D eigenvalue weighted by Gasteiger charge is -2.37. The zero-order valence-corrected chi connectivity index (χ0v) is 22.2. The van der Waals surface area contributed by atoms with E-state index in [0.717, 1.165) is 52.3 Å². The first-order valence-electron chi connectivity index (χ1n) is 13.1. The molecule has 0 aliphatic carbocycles. The number of benzene rings is 4. The number of para-hydroxylation sites is 1. The van der Waals surface area contributed by atoms with E-state index in [4.69, 9.17) is 21.1 Å². The fourth-order valence-electron chi connectivity index (χ4n) is 5.41. The van der Waals surface area contributed by atoms with E-state index in [9.17, 15) is 4.79 Å². The SMILES string of the molecule is CCCCCNc1cc2c(cc1C)C1(OC(=O)c3ccccc31)c1cc(Nc3ccccc3Cl)ccc1O2. The summed E-state index contributed by atoms with van der Waals surface area (Å²) in [6.07, 6.45) is 3.46. The lowest BCUT2D eigenvalue weighted by atomic mass is 9.77. The normalized spacial score (nSPS) is 16.8. The van der Waals surface area contributed by atoms with Crippen LogP contribution in [0, 0.1) is 6.92 Å². The summed E-state index contributed by atoms with van der Waals surface area (Å²) < 4.78 is 12.8. The van der Waals surface area contributed by atoms with Gasteiger partial charge in [0.05, 0.1) is 16.3 Å². The van der Waals surface area contributed by atoms with Crippen molar-refractivity contribution in [1.29, 1.82) is 0 Å². The van der Waals surface area contributed by atoms with Crippen LogP contribution in [0.25, 0.3) is 0 Å². The molecule has 5 nitrogen and oxygen atoms in total. The topological polar surface area (TPSA) is 59.6 Å². The minimum Gasteiger partial charge on any atom is -0.456 e. The van der Waals surface area contributed by atoms with Crippen molar-refractivity contribution in [2.24, 2.45) is 0 Å². The molecule has 2 aliphatic rings. The van der Waals surface area contributed by atoms with Gasteiger partial charge in [0.15, 0.2) is 5.60 Å². The molecule has 1 atom stereocenters. The molecule has 1 spiro atoms. The molecule has 0 amide bonds. The van der Waals surface area contributed by atoms with Crippen molar-refractivity contribution >= 4 is 34.6 Å². The molecule has 1 unspecified atom stereocenters. The third-order valence-electron chi connectivity index (χ3n) is 7.31. The number of aryl methyl sites for hydroxylation is 1. The maximum Gasteiger partial charge on any atom is 0.340 e. The Morgan fingerprint density at radius 3 is 2.47 bits per heavy atom. The Morgan fingerprint density at radius 1 is 0.842 bits per heavy atom. The van der Waals surface area contributed by atoms with E-state index in [-0.39, 0.29) is 5.97 Å². The molecule has 4 aromatic carbocycles. The molecule has 0 saturated carbocycles. The number of hydrogen-bond acceptors (Lipinski definition) is 5. The second-order valence-electron chi connectivity index (χ2n) is 9.83. The van der Waals surface area contributed by atoms with Crippen LogP contribution >= 0.6 is 11.6 Å². The molecule has 192 valence electrons. The molecular formula is C32H29ClN2O3. The molecule has 2 heterocycles. The lowest BCUT2D eigenvalue weighted by molar-refractivity contribution is 0.0224. The molecule has 6 heteroatoms. The maximum absolute atomic E-state index is 13.2. The van der Waals surface area contributed by atoms with Gasteiger partial charge in [-0.2, -0.15) is 0 Å².